The number of halogens is 4. The van der Waals surface area contributed by atoms with Gasteiger partial charge in [-0.15, -0.1) is 0 Å². The molecule has 0 spiro atoms. The van der Waals surface area contributed by atoms with E-state index >= 15 is 0 Å². The number of pyridine rings is 1. The minimum absolute atomic E-state index is 0.246. The molecule has 0 bridgehead atoms. The average Bonchev–Trinajstić information content (AvgIpc) is 2.56. The zero-order valence-electron chi connectivity index (χ0n) is 12.2. The van der Waals surface area contributed by atoms with Gasteiger partial charge in [0, 0.05) is 16.1 Å². The molecule has 3 rings (SSSR count). The Morgan fingerprint density at radius 1 is 1.08 bits per heavy atom. The lowest BCUT2D eigenvalue weighted by atomic mass is 9.92. The zero-order valence-corrected chi connectivity index (χ0v) is 13.8. The van der Waals surface area contributed by atoms with Crippen molar-refractivity contribution >= 4 is 26.7 Å². The van der Waals surface area contributed by atoms with Crippen LogP contribution in [0.25, 0.3) is 10.8 Å². The van der Waals surface area contributed by atoms with E-state index in [1.54, 1.807) is 12.3 Å². The largest absolute Gasteiger partial charge is 0.416 e. The van der Waals surface area contributed by atoms with Gasteiger partial charge in [-0.05, 0) is 35.2 Å². The van der Waals surface area contributed by atoms with E-state index in [1.165, 1.54) is 6.07 Å². The van der Waals surface area contributed by atoms with Crippen LogP contribution in [-0.4, -0.2) is 4.98 Å². The monoisotopic (exact) mass is 390 g/mol. The second kappa shape index (κ2) is 6.25. The molecule has 6 heteroatoms. The molecule has 0 aliphatic rings. The Hall–Kier alpha value is -2.39. The standard InChI is InChI=1S/C18H10BrF3N2/c19-16-6-5-12(18(20,21)22)9-14(16)15(10-23)17-13-4-2-1-3-11(13)7-8-24-17/h1-9,15H. The lowest BCUT2D eigenvalue weighted by Crippen LogP contribution is -2.08. The van der Waals surface area contributed by atoms with Gasteiger partial charge in [-0.3, -0.25) is 4.98 Å². The van der Waals surface area contributed by atoms with Crippen LogP contribution in [0.2, 0.25) is 0 Å². The molecule has 0 aliphatic heterocycles. The number of rotatable bonds is 2. The maximum atomic E-state index is 13.0. The predicted octanol–water partition coefficient (Wildman–Crippen LogP) is 5.67. The fraction of sp³-hybridized carbons (Fsp3) is 0.111. The van der Waals surface area contributed by atoms with Gasteiger partial charge in [0.25, 0.3) is 0 Å². The lowest BCUT2D eigenvalue weighted by molar-refractivity contribution is -0.137. The van der Waals surface area contributed by atoms with E-state index in [2.05, 4.69) is 27.0 Å². The van der Waals surface area contributed by atoms with Gasteiger partial charge in [-0.2, -0.15) is 18.4 Å². The Balaban J connectivity index is 2.21. The molecule has 24 heavy (non-hydrogen) atoms. The summed E-state index contributed by atoms with van der Waals surface area (Å²) in [5.74, 6) is -0.909. The molecule has 0 radical (unpaired) electrons. The van der Waals surface area contributed by atoms with Crippen molar-refractivity contribution in [2.24, 2.45) is 0 Å². The molecule has 0 saturated carbocycles. The first kappa shape index (κ1) is 16.5. The van der Waals surface area contributed by atoms with Crippen LogP contribution in [0.3, 0.4) is 0 Å². The normalized spacial score (nSPS) is 12.8. The van der Waals surface area contributed by atoms with Crippen molar-refractivity contribution in [2.45, 2.75) is 12.1 Å². The lowest BCUT2D eigenvalue weighted by Gasteiger charge is -2.16. The van der Waals surface area contributed by atoms with Gasteiger partial charge in [-0.25, -0.2) is 0 Å². The summed E-state index contributed by atoms with van der Waals surface area (Å²) in [5, 5.41) is 11.2. The molecule has 120 valence electrons. The van der Waals surface area contributed by atoms with Crippen molar-refractivity contribution in [1.82, 2.24) is 4.98 Å². The van der Waals surface area contributed by atoms with E-state index in [1.807, 2.05) is 24.3 Å². The van der Waals surface area contributed by atoms with Gasteiger partial charge in [0.2, 0.25) is 0 Å². The second-order valence-corrected chi connectivity index (χ2v) is 6.07. The summed E-state index contributed by atoms with van der Waals surface area (Å²) < 4.78 is 39.5. The van der Waals surface area contributed by atoms with Crippen LogP contribution < -0.4 is 0 Å². The summed E-state index contributed by atoms with van der Waals surface area (Å²) in [7, 11) is 0. The molecular formula is C18H10BrF3N2. The van der Waals surface area contributed by atoms with E-state index in [9.17, 15) is 18.4 Å². The molecule has 1 heterocycles. The van der Waals surface area contributed by atoms with Gasteiger partial charge < -0.3 is 0 Å². The highest BCUT2D eigenvalue weighted by Gasteiger charge is 2.32. The van der Waals surface area contributed by atoms with Crippen molar-refractivity contribution in [3.63, 3.8) is 0 Å². The number of hydrogen-bond donors (Lipinski definition) is 0. The number of nitriles is 1. The van der Waals surface area contributed by atoms with E-state index in [4.69, 9.17) is 0 Å². The minimum Gasteiger partial charge on any atom is -0.259 e. The quantitative estimate of drug-likeness (QED) is 0.564. The number of nitrogens with zero attached hydrogens (tertiary/aromatic N) is 2. The molecule has 2 aromatic carbocycles. The van der Waals surface area contributed by atoms with Gasteiger partial charge in [0.05, 0.1) is 17.3 Å². The molecule has 1 unspecified atom stereocenters. The topological polar surface area (TPSA) is 36.7 Å². The first-order chi connectivity index (χ1) is 11.4. The highest BCUT2D eigenvalue weighted by molar-refractivity contribution is 9.10. The van der Waals surface area contributed by atoms with Crippen LogP contribution >= 0.6 is 15.9 Å². The Bertz CT molecular complexity index is 940. The Kier molecular flexibility index (Phi) is 4.29. The number of benzene rings is 2. The Morgan fingerprint density at radius 2 is 1.83 bits per heavy atom. The SMILES string of the molecule is N#CC(c1cc(C(F)(F)F)ccc1Br)c1nccc2ccccc12. The molecule has 1 aromatic heterocycles. The first-order valence-electron chi connectivity index (χ1n) is 7.01. The third-order valence-corrected chi connectivity index (χ3v) is 4.46. The van der Waals surface area contributed by atoms with E-state index in [-0.39, 0.29) is 5.56 Å². The van der Waals surface area contributed by atoms with Crippen molar-refractivity contribution in [3.05, 3.63) is 76.0 Å². The van der Waals surface area contributed by atoms with Crippen LogP contribution in [-0.2, 0) is 6.18 Å². The summed E-state index contributed by atoms with van der Waals surface area (Å²) in [6, 6.07) is 14.5. The van der Waals surface area contributed by atoms with Gasteiger partial charge >= 0.3 is 6.18 Å². The maximum absolute atomic E-state index is 13.0. The first-order valence-corrected chi connectivity index (χ1v) is 7.81. The second-order valence-electron chi connectivity index (χ2n) is 5.21. The summed E-state index contributed by atoms with van der Waals surface area (Å²) in [6.07, 6.45) is -2.91. The maximum Gasteiger partial charge on any atom is 0.416 e. The predicted molar refractivity (Wildman–Crippen MR) is 88.3 cm³/mol. The van der Waals surface area contributed by atoms with Crippen LogP contribution in [0.15, 0.2) is 59.2 Å². The summed E-state index contributed by atoms with van der Waals surface area (Å²) in [5.41, 5.74) is -0.104. The Morgan fingerprint density at radius 3 is 2.54 bits per heavy atom. The molecule has 0 N–H and O–H groups in total. The highest BCUT2D eigenvalue weighted by Crippen LogP contribution is 2.37. The van der Waals surface area contributed by atoms with E-state index in [0.29, 0.717) is 10.2 Å². The number of hydrogen-bond acceptors (Lipinski definition) is 2. The summed E-state index contributed by atoms with van der Waals surface area (Å²) in [6.45, 7) is 0. The fourth-order valence-electron chi connectivity index (χ4n) is 2.59. The van der Waals surface area contributed by atoms with Crippen LogP contribution in [0.5, 0.6) is 0 Å². The van der Waals surface area contributed by atoms with Crippen molar-refractivity contribution in [3.8, 4) is 6.07 Å². The van der Waals surface area contributed by atoms with Crippen LogP contribution in [0.1, 0.15) is 22.7 Å². The molecule has 3 aromatic rings. The molecule has 0 aliphatic carbocycles. The third-order valence-electron chi connectivity index (χ3n) is 3.74. The fourth-order valence-corrected chi connectivity index (χ4v) is 3.07. The number of aromatic nitrogens is 1. The number of alkyl halides is 3. The number of fused-ring (bicyclic) bond motifs is 1. The molecule has 1 atom stereocenters. The minimum atomic E-state index is -4.47. The molecule has 2 nitrogen and oxygen atoms in total. The van der Waals surface area contributed by atoms with Crippen LogP contribution in [0.4, 0.5) is 13.2 Å². The van der Waals surface area contributed by atoms with E-state index in [0.717, 1.165) is 22.9 Å². The Labute approximate surface area is 144 Å². The van der Waals surface area contributed by atoms with Crippen LogP contribution in [0, 0.1) is 11.3 Å². The van der Waals surface area contributed by atoms with Gasteiger partial charge in [-0.1, -0.05) is 40.2 Å². The molecular weight excluding hydrogens is 381 g/mol. The van der Waals surface area contributed by atoms with E-state index < -0.39 is 17.7 Å². The smallest absolute Gasteiger partial charge is 0.259 e. The van der Waals surface area contributed by atoms with Crippen molar-refractivity contribution in [1.29, 1.82) is 5.26 Å². The molecule has 0 saturated heterocycles. The third kappa shape index (κ3) is 3.00. The summed E-state index contributed by atoms with van der Waals surface area (Å²) in [4.78, 5) is 4.26. The van der Waals surface area contributed by atoms with Crippen molar-refractivity contribution in [2.75, 3.05) is 0 Å². The highest BCUT2D eigenvalue weighted by atomic mass is 79.9. The van der Waals surface area contributed by atoms with Crippen molar-refractivity contribution < 1.29 is 13.2 Å². The molecule has 0 fully saturated rings. The molecule has 0 amide bonds. The summed E-state index contributed by atoms with van der Waals surface area (Å²) >= 11 is 3.25. The van der Waals surface area contributed by atoms with Gasteiger partial charge in [0.1, 0.15) is 5.92 Å². The van der Waals surface area contributed by atoms with Gasteiger partial charge in [0.15, 0.2) is 0 Å². The zero-order chi connectivity index (χ0) is 17.3. The average molecular weight is 391 g/mol.